The fraction of sp³-hybridized carbons (Fsp3) is 0.0667. The average molecular weight is 288 g/mol. The Labute approximate surface area is 122 Å². The van der Waals surface area contributed by atoms with E-state index in [2.05, 4.69) is 10.5 Å². The molecule has 4 nitrogen and oxygen atoms in total. The van der Waals surface area contributed by atoms with Crippen LogP contribution in [0, 0.1) is 6.92 Å². The van der Waals surface area contributed by atoms with E-state index in [9.17, 15) is 4.79 Å². The van der Waals surface area contributed by atoms with Gasteiger partial charge in [-0.25, -0.2) is 5.43 Å². The van der Waals surface area contributed by atoms with E-state index in [1.807, 2.05) is 31.2 Å². The summed E-state index contributed by atoms with van der Waals surface area (Å²) in [5.41, 5.74) is 10.8. The normalized spacial score (nSPS) is 10.7. The molecule has 0 spiro atoms. The van der Waals surface area contributed by atoms with Gasteiger partial charge in [-0.2, -0.15) is 5.10 Å². The van der Waals surface area contributed by atoms with Gasteiger partial charge in [0.15, 0.2) is 0 Å². The molecule has 2 aromatic rings. The van der Waals surface area contributed by atoms with Crippen LogP contribution in [0.3, 0.4) is 0 Å². The molecule has 102 valence electrons. The van der Waals surface area contributed by atoms with Crippen LogP contribution in [0.2, 0.25) is 5.02 Å². The predicted molar refractivity (Wildman–Crippen MR) is 82.1 cm³/mol. The van der Waals surface area contributed by atoms with Gasteiger partial charge < -0.3 is 5.73 Å². The third kappa shape index (κ3) is 3.59. The minimum Gasteiger partial charge on any atom is -0.398 e. The van der Waals surface area contributed by atoms with Crippen molar-refractivity contribution in [1.82, 2.24) is 5.43 Å². The van der Waals surface area contributed by atoms with Crippen molar-refractivity contribution in [2.45, 2.75) is 6.92 Å². The van der Waals surface area contributed by atoms with Crippen molar-refractivity contribution < 1.29 is 4.79 Å². The molecule has 2 rings (SSSR count). The minimum atomic E-state index is -0.395. The Kier molecular flexibility index (Phi) is 4.38. The van der Waals surface area contributed by atoms with Crippen LogP contribution in [0.15, 0.2) is 47.6 Å². The Morgan fingerprint density at radius 1 is 1.30 bits per heavy atom. The number of hydrogen-bond donors (Lipinski definition) is 2. The van der Waals surface area contributed by atoms with E-state index in [0.29, 0.717) is 16.3 Å². The topological polar surface area (TPSA) is 67.5 Å². The molecule has 0 radical (unpaired) electrons. The fourth-order valence-electron chi connectivity index (χ4n) is 1.70. The lowest BCUT2D eigenvalue weighted by Crippen LogP contribution is -2.19. The van der Waals surface area contributed by atoms with E-state index in [4.69, 9.17) is 17.3 Å². The molecule has 0 aliphatic carbocycles. The number of benzene rings is 2. The predicted octanol–water partition coefficient (Wildman–Crippen LogP) is 2.99. The van der Waals surface area contributed by atoms with Gasteiger partial charge in [0.2, 0.25) is 0 Å². The van der Waals surface area contributed by atoms with Crippen LogP contribution in [-0.4, -0.2) is 12.1 Å². The summed E-state index contributed by atoms with van der Waals surface area (Å²) in [4.78, 5) is 11.9. The zero-order valence-electron chi connectivity index (χ0n) is 10.9. The first kappa shape index (κ1) is 14.1. The van der Waals surface area contributed by atoms with Crippen LogP contribution in [0.4, 0.5) is 5.69 Å². The Hall–Kier alpha value is -2.33. The number of anilines is 1. The van der Waals surface area contributed by atoms with Gasteiger partial charge >= 0.3 is 0 Å². The minimum absolute atomic E-state index is 0.305. The standard InChI is InChI=1S/C15H14ClN3O/c1-10-3-2-4-11(7-10)9-18-19-15(20)13-8-12(16)5-6-14(13)17/h2-9H,17H2,1H3,(H,19,20). The molecule has 0 saturated heterocycles. The van der Waals surface area contributed by atoms with Crippen molar-refractivity contribution in [2.75, 3.05) is 5.73 Å². The van der Waals surface area contributed by atoms with Crippen LogP contribution < -0.4 is 11.2 Å². The largest absolute Gasteiger partial charge is 0.398 e. The first-order chi connectivity index (χ1) is 9.56. The Bertz CT molecular complexity index is 668. The number of amides is 1. The second-order valence-corrected chi connectivity index (χ2v) is 4.78. The second-order valence-electron chi connectivity index (χ2n) is 4.34. The van der Waals surface area contributed by atoms with Crippen LogP contribution in [0.5, 0.6) is 0 Å². The molecule has 3 N–H and O–H groups in total. The average Bonchev–Trinajstić information content (AvgIpc) is 2.41. The van der Waals surface area contributed by atoms with Gasteiger partial charge in [0.1, 0.15) is 0 Å². The summed E-state index contributed by atoms with van der Waals surface area (Å²) in [5.74, 6) is -0.395. The molecule has 0 aliphatic heterocycles. The Morgan fingerprint density at radius 2 is 2.10 bits per heavy atom. The fourth-order valence-corrected chi connectivity index (χ4v) is 1.87. The first-order valence-electron chi connectivity index (χ1n) is 6.01. The number of aryl methyl sites for hydroxylation is 1. The number of nitrogen functional groups attached to an aromatic ring is 1. The van der Waals surface area contributed by atoms with E-state index in [1.54, 1.807) is 18.3 Å². The molecule has 0 saturated carbocycles. The van der Waals surface area contributed by atoms with Crippen molar-refractivity contribution >= 4 is 29.4 Å². The highest BCUT2D eigenvalue weighted by molar-refractivity contribution is 6.31. The van der Waals surface area contributed by atoms with Gasteiger partial charge in [0.05, 0.1) is 11.8 Å². The third-order valence-electron chi connectivity index (χ3n) is 2.68. The summed E-state index contributed by atoms with van der Waals surface area (Å²) >= 11 is 5.83. The smallest absolute Gasteiger partial charge is 0.273 e. The summed E-state index contributed by atoms with van der Waals surface area (Å²) in [6, 6.07) is 12.5. The molecule has 0 heterocycles. The van der Waals surface area contributed by atoms with Crippen molar-refractivity contribution in [3.63, 3.8) is 0 Å². The van der Waals surface area contributed by atoms with Gasteiger partial charge in [0.25, 0.3) is 5.91 Å². The number of nitrogens with one attached hydrogen (secondary N) is 1. The lowest BCUT2D eigenvalue weighted by Gasteiger charge is -2.04. The first-order valence-corrected chi connectivity index (χ1v) is 6.39. The maximum absolute atomic E-state index is 11.9. The van der Waals surface area contributed by atoms with Gasteiger partial charge in [-0.05, 0) is 30.7 Å². The lowest BCUT2D eigenvalue weighted by atomic mass is 10.1. The summed E-state index contributed by atoms with van der Waals surface area (Å²) in [7, 11) is 0. The van der Waals surface area contributed by atoms with Gasteiger partial charge in [-0.1, -0.05) is 41.4 Å². The molecule has 0 fully saturated rings. The SMILES string of the molecule is Cc1cccc(C=NNC(=O)c2cc(Cl)ccc2N)c1. The number of nitrogens with zero attached hydrogens (tertiary/aromatic N) is 1. The van der Waals surface area contributed by atoms with E-state index >= 15 is 0 Å². The highest BCUT2D eigenvalue weighted by atomic mass is 35.5. The molecule has 20 heavy (non-hydrogen) atoms. The third-order valence-corrected chi connectivity index (χ3v) is 2.92. The lowest BCUT2D eigenvalue weighted by molar-refractivity contribution is 0.0956. The van der Waals surface area contributed by atoms with Gasteiger partial charge in [-0.3, -0.25) is 4.79 Å². The van der Waals surface area contributed by atoms with Crippen LogP contribution in [0.25, 0.3) is 0 Å². The quantitative estimate of drug-likeness (QED) is 0.518. The Balaban J connectivity index is 2.07. The summed E-state index contributed by atoms with van der Waals surface area (Å²) in [5, 5.41) is 4.36. The summed E-state index contributed by atoms with van der Waals surface area (Å²) in [6.45, 7) is 1.99. The van der Waals surface area contributed by atoms with Gasteiger partial charge in [0, 0.05) is 10.7 Å². The van der Waals surface area contributed by atoms with Crippen molar-refractivity contribution in [1.29, 1.82) is 0 Å². The van der Waals surface area contributed by atoms with Crippen LogP contribution in [0.1, 0.15) is 21.5 Å². The summed E-state index contributed by atoms with van der Waals surface area (Å²) in [6.07, 6.45) is 1.58. The molecule has 2 aromatic carbocycles. The van der Waals surface area contributed by atoms with E-state index < -0.39 is 5.91 Å². The number of rotatable bonds is 3. The molecule has 1 amide bonds. The highest BCUT2D eigenvalue weighted by Crippen LogP contribution is 2.17. The number of nitrogens with two attached hydrogens (primary N) is 1. The summed E-state index contributed by atoms with van der Waals surface area (Å²) < 4.78 is 0. The zero-order chi connectivity index (χ0) is 14.5. The van der Waals surface area contributed by atoms with E-state index in [0.717, 1.165) is 11.1 Å². The molecule has 0 bridgehead atoms. The zero-order valence-corrected chi connectivity index (χ0v) is 11.7. The maximum Gasteiger partial charge on any atom is 0.273 e. The number of carbonyl (C=O) groups excluding carboxylic acids is 1. The molecule has 0 atom stereocenters. The number of carbonyl (C=O) groups is 1. The van der Waals surface area contributed by atoms with Gasteiger partial charge in [-0.15, -0.1) is 0 Å². The molecular formula is C15H14ClN3O. The molecule has 0 aliphatic rings. The highest BCUT2D eigenvalue weighted by Gasteiger charge is 2.09. The van der Waals surface area contributed by atoms with Crippen molar-refractivity contribution in [3.05, 3.63) is 64.2 Å². The van der Waals surface area contributed by atoms with Crippen LogP contribution in [-0.2, 0) is 0 Å². The number of hydrazone groups is 1. The monoisotopic (exact) mass is 287 g/mol. The Morgan fingerprint density at radius 3 is 2.85 bits per heavy atom. The molecule has 5 heteroatoms. The second kappa shape index (κ2) is 6.21. The van der Waals surface area contributed by atoms with E-state index in [-0.39, 0.29) is 0 Å². The maximum atomic E-state index is 11.9. The number of hydrogen-bond acceptors (Lipinski definition) is 3. The van der Waals surface area contributed by atoms with E-state index in [1.165, 1.54) is 6.07 Å². The number of halogens is 1. The molecular weight excluding hydrogens is 274 g/mol. The molecule has 0 unspecified atom stereocenters. The molecule has 0 aromatic heterocycles. The van der Waals surface area contributed by atoms with Crippen molar-refractivity contribution in [2.24, 2.45) is 5.10 Å². The van der Waals surface area contributed by atoms with Crippen LogP contribution >= 0.6 is 11.6 Å². The van der Waals surface area contributed by atoms with Crippen molar-refractivity contribution in [3.8, 4) is 0 Å².